The summed E-state index contributed by atoms with van der Waals surface area (Å²) < 4.78 is 0. The first-order valence-electron chi connectivity index (χ1n) is 9.23. The molecule has 0 aromatic rings. The standard InChI is InChI=1S/C19H29O2.CH4.Rb/c1-18-11-9-16-14(15(18)7-8-17(18)21)6-5-13-4-2-3-10-19(13,16)12-20;;/h13-16H,2-12H2,1H3;1H4;/q-1;;+1/t13?,14?,15-,16-,18?,19?;;/m0../s1. The Morgan fingerprint density at radius 3 is 2.57 bits per heavy atom. The van der Waals surface area contributed by atoms with Gasteiger partial charge in [0.2, 0.25) is 0 Å². The molecule has 3 heteroatoms. The quantitative estimate of drug-likeness (QED) is 0.669. The molecule has 0 spiro atoms. The van der Waals surface area contributed by atoms with Gasteiger partial charge in [-0.25, -0.2) is 0 Å². The van der Waals surface area contributed by atoms with E-state index in [4.69, 9.17) is 0 Å². The number of carbonyl (C=O) groups is 1. The zero-order chi connectivity index (χ0) is 14.7. The van der Waals surface area contributed by atoms with Crippen LogP contribution in [-0.2, 0) is 4.79 Å². The van der Waals surface area contributed by atoms with Gasteiger partial charge in [0.15, 0.2) is 0 Å². The molecule has 0 bridgehead atoms. The fourth-order valence-corrected chi connectivity index (χ4v) is 7.12. The molecule has 4 unspecified atom stereocenters. The number of Topliss-reactive ketones (excluding diaryl/α,β-unsaturated/α-hetero) is 1. The predicted molar refractivity (Wildman–Crippen MR) is 87.3 cm³/mol. The summed E-state index contributed by atoms with van der Waals surface area (Å²) in [5.41, 5.74) is 0.0703. The molecule has 0 N–H and O–H groups in total. The number of hydrogen-bond acceptors (Lipinski definition) is 2. The van der Waals surface area contributed by atoms with Crippen LogP contribution >= 0.6 is 0 Å². The normalized spacial score (nSPS) is 48.3. The van der Waals surface area contributed by atoms with Crippen LogP contribution in [0, 0.1) is 34.5 Å². The summed E-state index contributed by atoms with van der Waals surface area (Å²) in [5, 5.41) is 12.3. The maximum absolute atomic E-state index is 12.4. The largest absolute Gasteiger partial charge is 1.00 e. The van der Waals surface area contributed by atoms with Gasteiger partial charge in [-0.05, 0) is 74.0 Å². The molecule has 6 atom stereocenters. The molecule has 2 nitrogen and oxygen atoms in total. The van der Waals surface area contributed by atoms with Crippen LogP contribution in [0.2, 0.25) is 0 Å². The third kappa shape index (κ3) is 2.95. The Kier molecular flexibility index (Phi) is 6.84. The minimum absolute atomic E-state index is 0. The van der Waals surface area contributed by atoms with E-state index in [9.17, 15) is 9.90 Å². The number of ketones is 1. The second-order valence-electron chi connectivity index (χ2n) is 8.69. The van der Waals surface area contributed by atoms with Gasteiger partial charge < -0.3 is 5.11 Å². The van der Waals surface area contributed by atoms with Gasteiger partial charge in [0.1, 0.15) is 5.78 Å². The first-order chi connectivity index (χ1) is 10.1. The summed E-state index contributed by atoms with van der Waals surface area (Å²) in [6.45, 7) is 2.39. The van der Waals surface area contributed by atoms with E-state index < -0.39 is 0 Å². The predicted octanol–water partition coefficient (Wildman–Crippen LogP) is 0.969. The first kappa shape index (κ1) is 20.7. The smallest absolute Gasteiger partial charge is 0.854 e. The van der Waals surface area contributed by atoms with Crippen LogP contribution in [0.3, 0.4) is 0 Å². The van der Waals surface area contributed by atoms with E-state index in [1.807, 2.05) is 0 Å². The van der Waals surface area contributed by atoms with Crippen LogP contribution in [-0.4, -0.2) is 12.4 Å². The summed E-state index contributed by atoms with van der Waals surface area (Å²) >= 11 is 0. The van der Waals surface area contributed by atoms with Gasteiger partial charge in [-0.2, -0.15) is 0 Å². The van der Waals surface area contributed by atoms with E-state index in [1.54, 1.807) is 0 Å². The molecular formula is C20H33O2Rb. The molecule has 0 radical (unpaired) electrons. The van der Waals surface area contributed by atoms with Crippen molar-refractivity contribution >= 4 is 5.78 Å². The van der Waals surface area contributed by atoms with Crippen LogP contribution in [0.5, 0.6) is 0 Å². The van der Waals surface area contributed by atoms with Crippen molar-refractivity contribution in [1.82, 2.24) is 0 Å². The average molecular weight is 391 g/mol. The Labute approximate surface area is 191 Å². The molecule has 0 heterocycles. The first-order valence-corrected chi connectivity index (χ1v) is 9.23. The minimum atomic E-state index is -0.0350. The molecule has 126 valence electrons. The molecule has 23 heavy (non-hydrogen) atoms. The molecule has 0 aromatic heterocycles. The zero-order valence-corrected chi connectivity index (χ0v) is 19.3. The van der Waals surface area contributed by atoms with Crippen LogP contribution in [0.1, 0.15) is 78.6 Å². The number of rotatable bonds is 1. The van der Waals surface area contributed by atoms with Crippen LogP contribution < -0.4 is 63.3 Å². The monoisotopic (exact) mass is 390 g/mol. The molecule has 0 aliphatic heterocycles. The van der Waals surface area contributed by atoms with Crippen LogP contribution in [0.15, 0.2) is 0 Å². The Balaban J connectivity index is 0.000000960. The molecule has 4 saturated carbocycles. The van der Waals surface area contributed by atoms with Crippen molar-refractivity contribution in [3.63, 3.8) is 0 Å². The van der Waals surface area contributed by atoms with E-state index in [0.717, 1.165) is 25.7 Å². The summed E-state index contributed by atoms with van der Waals surface area (Å²) in [7, 11) is 0. The van der Waals surface area contributed by atoms with Crippen molar-refractivity contribution in [3.05, 3.63) is 0 Å². The van der Waals surface area contributed by atoms with E-state index in [1.165, 1.54) is 38.5 Å². The summed E-state index contributed by atoms with van der Waals surface area (Å²) in [5.74, 6) is 3.13. The van der Waals surface area contributed by atoms with Crippen molar-refractivity contribution in [2.45, 2.75) is 78.6 Å². The van der Waals surface area contributed by atoms with Gasteiger partial charge in [0, 0.05) is 11.8 Å². The summed E-state index contributed by atoms with van der Waals surface area (Å²) in [6.07, 6.45) is 11.8. The second kappa shape index (κ2) is 7.59. The molecule has 4 rings (SSSR count). The van der Waals surface area contributed by atoms with Crippen molar-refractivity contribution < 1.29 is 68.1 Å². The molecule has 4 aliphatic carbocycles. The van der Waals surface area contributed by atoms with E-state index >= 15 is 0 Å². The number of hydrogen-bond donors (Lipinski definition) is 0. The van der Waals surface area contributed by atoms with Crippen LogP contribution in [0.4, 0.5) is 0 Å². The fraction of sp³-hybridized carbons (Fsp3) is 0.950. The molecular weight excluding hydrogens is 358 g/mol. The van der Waals surface area contributed by atoms with E-state index in [0.29, 0.717) is 29.5 Å². The maximum Gasteiger partial charge on any atom is 1.00 e. The number of fused-ring (bicyclic) bond motifs is 5. The minimum Gasteiger partial charge on any atom is -0.854 e. The van der Waals surface area contributed by atoms with Gasteiger partial charge in [0.25, 0.3) is 0 Å². The Bertz CT molecular complexity index is 451. The van der Waals surface area contributed by atoms with Gasteiger partial charge >= 0.3 is 58.2 Å². The SMILES string of the molecule is C.CC12CC[C@H]3C(CCC4CCCCC43C[O-])[C@@H]1CCC2=O.[Rb+]. The topological polar surface area (TPSA) is 40.1 Å². The van der Waals surface area contributed by atoms with E-state index in [-0.39, 0.29) is 83.1 Å². The third-order valence-electron chi connectivity index (χ3n) is 8.26. The van der Waals surface area contributed by atoms with Gasteiger partial charge in [-0.15, -0.1) is 6.61 Å². The van der Waals surface area contributed by atoms with Crippen molar-refractivity contribution in [2.24, 2.45) is 34.5 Å². The number of carbonyl (C=O) groups excluding carboxylic acids is 1. The molecule has 4 aliphatic rings. The van der Waals surface area contributed by atoms with Crippen molar-refractivity contribution in [3.8, 4) is 0 Å². The Morgan fingerprint density at radius 2 is 1.83 bits per heavy atom. The van der Waals surface area contributed by atoms with E-state index in [2.05, 4.69) is 6.92 Å². The average Bonchev–Trinajstić information content (AvgIpc) is 2.82. The molecule has 0 amide bonds. The van der Waals surface area contributed by atoms with Gasteiger partial charge in [-0.1, -0.05) is 27.2 Å². The molecule has 4 fully saturated rings. The molecule has 0 saturated heterocycles. The summed E-state index contributed by atoms with van der Waals surface area (Å²) in [6, 6.07) is 0. The zero-order valence-electron chi connectivity index (χ0n) is 14.4. The maximum atomic E-state index is 12.4. The second-order valence-corrected chi connectivity index (χ2v) is 8.69. The Morgan fingerprint density at radius 1 is 1.04 bits per heavy atom. The Hall–Kier alpha value is 1.44. The fourth-order valence-electron chi connectivity index (χ4n) is 7.12. The van der Waals surface area contributed by atoms with Crippen molar-refractivity contribution in [1.29, 1.82) is 0 Å². The van der Waals surface area contributed by atoms with Crippen LogP contribution in [0.25, 0.3) is 0 Å². The summed E-state index contributed by atoms with van der Waals surface area (Å²) in [4.78, 5) is 12.4. The van der Waals surface area contributed by atoms with Gasteiger partial charge in [-0.3, -0.25) is 4.79 Å². The van der Waals surface area contributed by atoms with Crippen molar-refractivity contribution in [2.75, 3.05) is 6.61 Å². The van der Waals surface area contributed by atoms with Gasteiger partial charge in [0.05, 0.1) is 0 Å². The third-order valence-corrected chi connectivity index (χ3v) is 8.26. The molecule has 0 aromatic carbocycles.